The van der Waals surface area contributed by atoms with E-state index in [1.165, 1.54) is 11.8 Å². The number of amidine groups is 1. The molecule has 2 aromatic rings. The Morgan fingerprint density at radius 3 is 2.81 bits per heavy atom. The third-order valence-corrected chi connectivity index (χ3v) is 5.35. The van der Waals surface area contributed by atoms with Crippen molar-refractivity contribution in [3.05, 3.63) is 68.6 Å². The van der Waals surface area contributed by atoms with E-state index >= 15 is 0 Å². The summed E-state index contributed by atoms with van der Waals surface area (Å²) in [5, 5.41) is 12.2. The molecule has 4 rings (SSSR count). The minimum Gasteiger partial charge on any atom is -0.298 e. The number of amides is 1. The van der Waals surface area contributed by atoms with Gasteiger partial charge in [0.2, 0.25) is 0 Å². The highest BCUT2D eigenvalue weighted by atomic mass is 35.5. The maximum atomic E-state index is 12.8. The molecule has 2 aliphatic heterocycles. The number of nitrogens with zero attached hydrogens (tertiary/aromatic N) is 3. The molecule has 0 fully saturated rings. The summed E-state index contributed by atoms with van der Waals surface area (Å²) < 4.78 is 0. The van der Waals surface area contributed by atoms with Gasteiger partial charge in [0.05, 0.1) is 5.36 Å². The molecule has 0 saturated heterocycles. The van der Waals surface area contributed by atoms with Crippen molar-refractivity contribution in [1.29, 1.82) is 0 Å². The van der Waals surface area contributed by atoms with Gasteiger partial charge in [-0.25, -0.2) is 5.01 Å². The van der Waals surface area contributed by atoms with E-state index in [0.717, 1.165) is 21.9 Å². The minimum absolute atomic E-state index is 0.201. The van der Waals surface area contributed by atoms with E-state index in [-0.39, 0.29) is 5.91 Å². The van der Waals surface area contributed by atoms with Gasteiger partial charge in [-0.2, -0.15) is 0 Å². The number of para-hydroxylation sites is 1. The normalized spacial score (nSPS) is 18.5. The van der Waals surface area contributed by atoms with E-state index in [1.807, 2.05) is 37.3 Å². The number of benzene rings is 2. The molecule has 2 aromatic carbocycles. The van der Waals surface area contributed by atoms with Crippen molar-refractivity contribution in [2.45, 2.75) is 13.1 Å². The van der Waals surface area contributed by atoms with Gasteiger partial charge in [0.15, 0.2) is 11.3 Å². The molecule has 1 atom stereocenters. The maximum absolute atomic E-state index is 12.8. The molecule has 0 bridgehead atoms. The number of hydrazone groups is 1. The van der Waals surface area contributed by atoms with Gasteiger partial charge in [0.25, 0.3) is 5.91 Å². The van der Waals surface area contributed by atoms with E-state index < -0.39 is 6.17 Å². The second-order valence-electron chi connectivity index (χ2n) is 5.67. The summed E-state index contributed by atoms with van der Waals surface area (Å²) in [4.78, 5) is 17.6. The molecule has 5 nitrogen and oxygen atoms in total. The first-order chi connectivity index (χ1) is 12.6. The van der Waals surface area contributed by atoms with E-state index in [1.54, 1.807) is 17.1 Å². The lowest BCUT2D eigenvalue weighted by molar-refractivity contribution is -0.116. The molecule has 0 spiro atoms. The van der Waals surface area contributed by atoms with Gasteiger partial charge in [-0.1, -0.05) is 66.2 Å². The zero-order valence-electron chi connectivity index (χ0n) is 13.7. The third-order valence-electron chi connectivity index (χ3n) is 4.04. The van der Waals surface area contributed by atoms with Crippen LogP contribution in [0, 0.1) is 0 Å². The number of nitrogens with one attached hydrogen (secondary N) is 1. The molecule has 0 unspecified atom stereocenters. The van der Waals surface area contributed by atoms with Gasteiger partial charge < -0.3 is 0 Å². The van der Waals surface area contributed by atoms with E-state index in [2.05, 4.69) is 10.4 Å². The summed E-state index contributed by atoms with van der Waals surface area (Å²) in [5.74, 6) is 0.593. The predicted molar refractivity (Wildman–Crippen MR) is 105 cm³/mol. The van der Waals surface area contributed by atoms with Crippen LogP contribution in [0.4, 0.5) is 0 Å². The minimum atomic E-state index is -0.539. The van der Waals surface area contributed by atoms with Crippen molar-refractivity contribution in [1.82, 2.24) is 10.3 Å². The second-order valence-corrected chi connectivity index (χ2v) is 7.77. The number of carbonyl (C=O) groups excluding carboxylic acids is 1. The lowest BCUT2D eigenvalue weighted by atomic mass is 10.1. The zero-order chi connectivity index (χ0) is 18.3. The first kappa shape index (κ1) is 17.4. The molecule has 2 aliphatic rings. The smallest absolute Gasteiger partial charge is 0.276 e. The Labute approximate surface area is 164 Å². The zero-order valence-corrected chi connectivity index (χ0v) is 16.1. The highest BCUT2D eigenvalue weighted by Crippen LogP contribution is 2.35. The van der Waals surface area contributed by atoms with E-state index in [4.69, 9.17) is 28.2 Å². The van der Waals surface area contributed by atoms with Crippen LogP contribution in [0.15, 0.2) is 52.6 Å². The second kappa shape index (κ2) is 6.95. The van der Waals surface area contributed by atoms with Crippen LogP contribution in [0.2, 0.25) is 10.0 Å². The number of fused-ring (bicyclic) bond motifs is 2. The Hall–Kier alpha value is -2.02. The summed E-state index contributed by atoms with van der Waals surface area (Å²) in [6.07, 6.45) is -0.539. The lowest BCUT2D eigenvalue weighted by Crippen LogP contribution is -2.50. The fraction of sp³-hybridized carbons (Fsp3) is 0.167. The molecule has 132 valence electrons. The highest BCUT2D eigenvalue weighted by molar-refractivity contribution is 8.13. The SMILES string of the molecule is CCSC1=NN2C(=c3ccccc3=N[C@H]2c2ccc(Cl)cc2Cl)C(=O)N1. The molecule has 26 heavy (non-hydrogen) atoms. The highest BCUT2D eigenvalue weighted by Gasteiger charge is 2.35. The van der Waals surface area contributed by atoms with Crippen LogP contribution in [0.5, 0.6) is 0 Å². The van der Waals surface area contributed by atoms with E-state index in [0.29, 0.717) is 20.9 Å². The van der Waals surface area contributed by atoms with Crippen LogP contribution in [-0.4, -0.2) is 21.8 Å². The van der Waals surface area contributed by atoms with Crippen LogP contribution < -0.4 is 15.9 Å². The van der Waals surface area contributed by atoms with Gasteiger partial charge in [-0.15, -0.1) is 5.10 Å². The Bertz CT molecular complexity index is 1050. The fourth-order valence-corrected chi connectivity index (χ4v) is 4.03. The third kappa shape index (κ3) is 2.98. The van der Waals surface area contributed by atoms with Crippen molar-refractivity contribution in [3.63, 3.8) is 0 Å². The standard InChI is InChI=1S/C18H14Cl2N4OS/c1-2-26-18-22-17(25)15-12-5-3-4-6-14(12)21-16(24(15)23-18)11-8-7-10(19)9-13(11)20/h3-9,16H,2H2,1H3,(H,22,23,25)/t16-/m1/s1. The summed E-state index contributed by atoms with van der Waals surface area (Å²) in [6.45, 7) is 2.00. The number of thioether (sulfide) groups is 1. The molecule has 1 amide bonds. The first-order valence-corrected chi connectivity index (χ1v) is 9.76. The molecule has 2 heterocycles. The first-order valence-electron chi connectivity index (χ1n) is 8.02. The predicted octanol–water partition coefficient (Wildman–Crippen LogP) is 2.89. The van der Waals surface area contributed by atoms with Crippen LogP contribution in [0.3, 0.4) is 0 Å². The molecule has 8 heteroatoms. The maximum Gasteiger partial charge on any atom is 0.276 e. The Kier molecular flexibility index (Phi) is 4.65. The van der Waals surface area contributed by atoms with Gasteiger partial charge in [0, 0.05) is 20.8 Å². The quantitative estimate of drug-likeness (QED) is 0.836. The molecule has 0 aromatic heterocycles. The van der Waals surface area contributed by atoms with Crippen LogP contribution in [-0.2, 0) is 4.79 Å². The van der Waals surface area contributed by atoms with Crippen molar-refractivity contribution >= 4 is 51.7 Å². The largest absolute Gasteiger partial charge is 0.298 e. The van der Waals surface area contributed by atoms with Crippen LogP contribution >= 0.6 is 35.0 Å². The summed E-state index contributed by atoms with van der Waals surface area (Å²) in [5.41, 5.74) is 1.20. The Morgan fingerprint density at radius 1 is 1.23 bits per heavy atom. The molecular formula is C18H14Cl2N4OS. The van der Waals surface area contributed by atoms with Crippen molar-refractivity contribution in [2.75, 3.05) is 5.75 Å². The van der Waals surface area contributed by atoms with Crippen molar-refractivity contribution in [2.24, 2.45) is 10.1 Å². The van der Waals surface area contributed by atoms with E-state index in [9.17, 15) is 4.79 Å². The monoisotopic (exact) mass is 404 g/mol. The number of halogens is 2. The topological polar surface area (TPSA) is 57.1 Å². The molecule has 1 N–H and O–H groups in total. The number of hydrogen-bond donors (Lipinski definition) is 1. The van der Waals surface area contributed by atoms with Gasteiger partial charge in [-0.3, -0.25) is 15.1 Å². The molecular weight excluding hydrogens is 391 g/mol. The van der Waals surface area contributed by atoms with Gasteiger partial charge in [0.1, 0.15) is 5.70 Å². The van der Waals surface area contributed by atoms with Crippen LogP contribution in [0.1, 0.15) is 18.7 Å². The number of rotatable bonds is 2. The number of hydrogen-bond acceptors (Lipinski definition) is 5. The average molecular weight is 405 g/mol. The molecule has 0 aliphatic carbocycles. The van der Waals surface area contributed by atoms with Crippen molar-refractivity contribution < 1.29 is 4.79 Å². The number of carbonyl (C=O) groups is 1. The van der Waals surface area contributed by atoms with Crippen LogP contribution in [0.25, 0.3) is 5.70 Å². The van der Waals surface area contributed by atoms with Crippen molar-refractivity contribution in [3.8, 4) is 0 Å². The van der Waals surface area contributed by atoms with Gasteiger partial charge in [-0.05, 0) is 24.0 Å². The Balaban J connectivity index is 1.97. The fourth-order valence-electron chi connectivity index (χ4n) is 2.94. The molecule has 0 radical (unpaired) electrons. The Morgan fingerprint density at radius 2 is 2.04 bits per heavy atom. The summed E-state index contributed by atoms with van der Waals surface area (Å²) in [6, 6.07) is 12.8. The summed E-state index contributed by atoms with van der Waals surface area (Å²) in [7, 11) is 0. The average Bonchev–Trinajstić information content (AvgIpc) is 2.61. The molecule has 0 saturated carbocycles. The van der Waals surface area contributed by atoms with Gasteiger partial charge >= 0.3 is 0 Å². The summed E-state index contributed by atoms with van der Waals surface area (Å²) >= 11 is 13.9. The lowest BCUT2D eigenvalue weighted by Gasteiger charge is -2.34.